The fraction of sp³-hybridized carbons (Fsp3) is 0.462. The van der Waals surface area contributed by atoms with Gasteiger partial charge in [-0.25, -0.2) is 4.39 Å². The average Bonchev–Trinajstić information content (AvgIpc) is 2.28. The number of carboxylic acids is 1. The molecule has 1 atom stereocenters. The van der Waals surface area contributed by atoms with Gasteiger partial charge < -0.3 is 5.11 Å². The normalized spacial score (nSPS) is 20.0. The van der Waals surface area contributed by atoms with E-state index >= 15 is 0 Å². The summed E-state index contributed by atoms with van der Waals surface area (Å²) in [4.78, 5) is 12.6. The molecule has 0 saturated carbocycles. The second-order valence-electron chi connectivity index (χ2n) is 4.42. The van der Waals surface area contributed by atoms with E-state index in [-0.39, 0.29) is 18.3 Å². The van der Waals surface area contributed by atoms with Crippen LogP contribution < -0.4 is 0 Å². The van der Waals surface area contributed by atoms with E-state index in [4.69, 9.17) is 5.11 Å². The molecule has 1 aromatic carbocycles. The summed E-state index contributed by atoms with van der Waals surface area (Å²) in [7, 11) is 0. The Kier molecular flexibility index (Phi) is 3.43. The van der Waals surface area contributed by atoms with Crippen molar-refractivity contribution in [3.8, 4) is 0 Å². The molecule has 92 valence electrons. The monoisotopic (exact) mass is 237 g/mol. The van der Waals surface area contributed by atoms with E-state index in [0.29, 0.717) is 6.54 Å². The number of benzene rings is 1. The first-order valence-corrected chi connectivity index (χ1v) is 5.82. The Morgan fingerprint density at radius 1 is 1.59 bits per heavy atom. The van der Waals surface area contributed by atoms with Gasteiger partial charge in [-0.1, -0.05) is 12.1 Å². The average molecular weight is 237 g/mol. The maximum absolute atomic E-state index is 13.8. The van der Waals surface area contributed by atoms with Crippen molar-refractivity contribution >= 4 is 5.97 Å². The molecule has 0 radical (unpaired) electrons. The van der Waals surface area contributed by atoms with Crippen LogP contribution in [0.15, 0.2) is 18.2 Å². The molecular weight excluding hydrogens is 221 g/mol. The molecule has 1 aliphatic rings. The van der Waals surface area contributed by atoms with Gasteiger partial charge in [0.2, 0.25) is 0 Å². The first-order valence-electron chi connectivity index (χ1n) is 5.82. The van der Waals surface area contributed by atoms with E-state index in [1.807, 2.05) is 17.9 Å². The van der Waals surface area contributed by atoms with Gasteiger partial charge in [-0.3, -0.25) is 9.69 Å². The summed E-state index contributed by atoms with van der Waals surface area (Å²) in [6.07, 6.45) is 0.894. The molecule has 0 saturated heterocycles. The molecule has 1 N–H and O–H groups in total. The summed E-state index contributed by atoms with van der Waals surface area (Å²) in [5, 5.41) is 8.68. The van der Waals surface area contributed by atoms with Gasteiger partial charge in [0.05, 0.1) is 6.42 Å². The Morgan fingerprint density at radius 3 is 3.06 bits per heavy atom. The Labute approximate surface area is 99.9 Å². The smallest absolute Gasteiger partial charge is 0.304 e. The second kappa shape index (κ2) is 4.84. The van der Waals surface area contributed by atoms with Crippen molar-refractivity contribution in [2.75, 3.05) is 13.1 Å². The molecule has 0 aromatic heterocycles. The van der Waals surface area contributed by atoms with Crippen LogP contribution in [0.5, 0.6) is 0 Å². The van der Waals surface area contributed by atoms with E-state index in [1.165, 1.54) is 6.07 Å². The molecular formula is C13H16FNO2. The second-order valence-corrected chi connectivity index (χ2v) is 4.42. The van der Waals surface area contributed by atoms with Crippen LogP contribution in [0.4, 0.5) is 4.39 Å². The molecule has 4 heteroatoms. The van der Waals surface area contributed by atoms with Gasteiger partial charge in [0, 0.05) is 24.7 Å². The zero-order valence-electron chi connectivity index (χ0n) is 9.82. The lowest BCUT2D eigenvalue weighted by atomic mass is 9.93. The molecule has 1 aromatic rings. The molecule has 0 spiro atoms. The fourth-order valence-corrected chi connectivity index (χ4v) is 2.45. The standard InChI is InChI=1S/C13H16FNO2/c1-9-13-10(3-2-4-11(13)14)5-7-15(9)8-6-12(16)17/h2-4,9H,5-8H2,1H3,(H,16,17). The maximum atomic E-state index is 13.8. The Hall–Kier alpha value is -1.42. The molecule has 1 unspecified atom stereocenters. The number of hydrogen-bond acceptors (Lipinski definition) is 2. The minimum atomic E-state index is -0.809. The highest BCUT2D eigenvalue weighted by atomic mass is 19.1. The van der Waals surface area contributed by atoms with E-state index in [0.717, 1.165) is 24.1 Å². The SMILES string of the molecule is CC1c2c(F)cccc2CCN1CCC(=O)O. The lowest BCUT2D eigenvalue weighted by Crippen LogP contribution is -2.36. The Bertz CT molecular complexity index is 433. The van der Waals surface area contributed by atoms with Crippen molar-refractivity contribution in [2.24, 2.45) is 0 Å². The summed E-state index contributed by atoms with van der Waals surface area (Å²) in [6.45, 7) is 3.21. The van der Waals surface area contributed by atoms with Crippen LogP contribution in [0.25, 0.3) is 0 Å². The van der Waals surface area contributed by atoms with Gasteiger partial charge >= 0.3 is 5.97 Å². The summed E-state index contributed by atoms with van der Waals surface area (Å²) >= 11 is 0. The van der Waals surface area contributed by atoms with Crippen LogP contribution in [-0.4, -0.2) is 29.1 Å². The highest BCUT2D eigenvalue weighted by Crippen LogP contribution is 2.31. The molecule has 0 bridgehead atoms. The molecule has 1 aliphatic heterocycles. The lowest BCUT2D eigenvalue weighted by molar-refractivity contribution is -0.137. The first-order chi connectivity index (χ1) is 8.09. The summed E-state index contributed by atoms with van der Waals surface area (Å²) in [6, 6.07) is 5.10. The van der Waals surface area contributed by atoms with E-state index < -0.39 is 5.97 Å². The van der Waals surface area contributed by atoms with Crippen molar-refractivity contribution < 1.29 is 14.3 Å². The highest BCUT2D eigenvalue weighted by molar-refractivity contribution is 5.66. The van der Waals surface area contributed by atoms with Gasteiger partial charge in [-0.05, 0) is 25.0 Å². The fourth-order valence-electron chi connectivity index (χ4n) is 2.45. The molecule has 0 amide bonds. The van der Waals surface area contributed by atoms with Crippen molar-refractivity contribution in [3.05, 3.63) is 35.1 Å². The van der Waals surface area contributed by atoms with Crippen molar-refractivity contribution in [3.63, 3.8) is 0 Å². The zero-order chi connectivity index (χ0) is 12.4. The van der Waals surface area contributed by atoms with Crippen molar-refractivity contribution in [1.29, 1.82) is 0 Å². The van der Waals surface area contributed by atoms with Gasteiger partial charge in [0.15, 0.2) is 0 Å². The maximum Gasteiger partial charge on any atom is 0.304 e. The van der Waals surface area contributed by atoms with E-state index in [1.54, 1.807) is 6.07 Å². The lowest BCUT2D eigenvalue weighted by Gasteiger charge is -2.35. The summed E-state index contributed by atoms with van der Waals surface area (Å²) < 4.78 is 13.8. The number of carboxylic acid groups (broad SMARTS) is 1. The molecule has 1 heterocycles. The first kappa shape index (κ1) is 12.0. The van der Waals surface area contributed by atoms with Crippen molar-refractivity contribution in [1.82, 2.24) is 4.90 Å². The van der Waals surface area contributed by atoms with Gasteiger partial charge in [0.25, 0.3) is 0 Å². The van der Waals surface area contributed by atoms with Crippen LogP contribution in [-0.2, 0) is 11.2 Å². The van der Waals surface area contributed by atoms with Gasteiger partial charge in [-0.2, -0.15) is 0 Å². The van der Waals surface area contributed by atoms with Crippen LogP contribution >= 0.6 is 0 Å². The van der Waals surface area contributed by atoms with Gasteiger partial charge in [-0.15, -0.1) is 0 Å². The van der Waals surface area contributed by atoms with Crippen LogP contribution in [0.2, 0.25) is 0 Å². The van der Waals surface area contributed by atoms with E-state index in [2.05, 4.69) is 0 Å². The third-order valence-electron chi connectivity index (χ3n) is 3.39. The number of halogens is 1. The van der Waals surface area contributed by atoms with Crippen molar-refractivity contribution in [2.45, 2.75) is 25.8 Å². The summed E-state index contributed by atoms with van der Waals surface area (Å²) in [5.74, 6) is -0.994. The molecule has 0 fully saturated rings. The number of fused-ring (bicyclic) bond motifs is 1. The quantitative estimate of drug-likeness (QED) is 0.876. The number of hydrogen-bond donors (Lipinski definition) is 1. The minimum absolute atomic E-state index is 0.0423. The zero-order valence-corrected chi connectivity index (χ0v) is 9.82. The number of nitrogens with zero attached hydrogens (tertiary/aromatic N) is 1. The Morgan fingerprint density at radius 2 is 2.35 bits per heavy atom. The number of aliphatic carboxylic acids is 1. The third kappa shape index (κ3) is 2.47. The van der Waals surface area contributed by atoms with Gasteiger partial charge in [0.1, 0.15) is 5.82 Å². The number of carbonyl (C=O) groups is 1. The van der Waals surface area contributed by atoms with E-state index in [9.17, 15) is 9.18 Å². The Balaban J connectivity index is 2.17. The minimum Gasteiger partial charge on any atom is -0.481 e. The predicted molar refractivity (Wildman–Crippen MR) is 62.3 cm³/mol. The topological polar surface area (TPSA) is 40.5 Å². The summed E-state index contributed by atoms with van der Waals surface area (Å²) in [5.41, 5.74) is 1.77. The largest absolute Gasteiger partial charge is 0.481 e. The van der Waals surface area contributed by atoms with Crippen LogP contribution in [0.3, 0.4) is 0 Å². The number of rotatable bonds is 3. The highest BCUT2D eigenvalue weighted by Gasteiger charge is 2.26. The van der Waals surface area contributed by atoms with Crippen LogP contribution in [0, 0.1) is 5.82 Å². The molecule has 0 aliphatic carbocycles. The molecule has 2 rings (SSSR count). The third-order valence-corrected chi connectivity index (χ3v) is 3.39. The van der Waals surface area contributed by atoms with Crippen LogP contribution in [0.1, 0.15) is 30.5 Å². The predicted octanol–water partition coefficient (Wildman–Crippen LogP) is 2.22. The molecule has 3 nitrogen and oxygen atoms in total. The molecule has 17 heavy (non-hydrogen) atoms.